The molecule has 7 nitrogen and oxygen atoms in total. The fourth-order valence-electron chi connectivity index (χ4n) is 3.46. The number of fused-ring (bicyclic) bond motifs is 1. The molecule has 1 amide bonds. The van der Waals surface area contributed by atoms with Crippen LogP contribution in [-0.4, -0.2) is 48.5 Å². The molecule has 2 aromatic carbocycles. The number of allylic oxidation sites excluding steroid dienone is 1. The second kappa shape index (κ2) is 10.8. The van der Waals surface area contributed by atoms with Gasteiger partial charge in [-0.25, -0.2) is 9.37 Å². The van der Waals surface area contributed by atoms with E-state index in [2.05, 4.69) is 20.3 Å². The fourth-order valence-corrected chi connectivity index (χ4v) is 3.46. The molecular weight excluding hydrogens is 423 g/mol. The van der Waals surface area contributed by atoms with Crippen LogP contribution in [0.25, 0.3) is 22.3 Å². The third-order valence-electron chi connectivity index (χ3n) is 5.20. The minimum Gasteiger partial charge on any atom is -0.475 e. The summed E-state index contributed by atoms with van der Waals surface area (Å²) in [5.41, 5.74) is 2.85. The quantitative estimate of drug-likeness (QED) is 0.467. The second-order valence-corrected chi connectivity index (χ2v) is 7.58. The van der Waals surface area contributed by atoms with E-state index in [0.717, 1.165) is 25.0 Å². The summed E-state index contributed by atoms with van der Waals surface area (Å²) in [7, 11) is 1.59. The molecule has 2 heterocycles. The van der Waals surface area contributed by atoms with Crippen LogP contribution < -0.4 is 10.1 Å². The summed E-state index contributed by atoms with van der Waals surface area (Å²) in [6.45, 7) is 1.28. The van der Waals surface area contributed by atoms with Crippen LogP contribution in [0.15, 0.2) is 59.7 Å². The average Bonchev–Trinajstić information content (AvgIpc) is 3.35. The molecule has 0 saturated heterocycles. The highest BCUT2D eigenvalue weighted by Gasteiger charge is 2.14. The number of aliphatic imine (C=N–C) groups is 1. The maximum atomic E-state index is 13.4. The Morgan fingerprint density at radius 1 is 1.12 bits per heavy atom. The SMILES string of the molecule is COCCOc1nc(-c2ccc(F)cc2)nc2cc(C(=O)NCCCC3=NC=CC3)ccc12. The smallest absolute Gasteiger partial charge is 0.251 e. The van der Waals surface area contributed by atoms with Crippen LogP contribution in [0.3, 0.4) is 0 Å². The summed E-state index contributed by atoms with van der Waals surface area (Å²) < 4.78 is 24.2. The summed E-state index contributed by atoms with van der Waals surface area (Å²) >= 11 is 0. The minimum atomic E-state index is -0.341. The number of nitrogens with zero attached hydrogens (tertiary/aromatic N) is 3. The first-order chi connectivity index (χ1) is 16.1. The van der Waals surface area contributed by atoms with Gasteiger partial charge in [-0.15, -0.1) is 0 Å². The largest absolute Gasteiger partial charge is 0.475 e. The van der Waals surface area contributed by atoms with Crippen LogP contribution in [0.2, 0.25) is 0 Å². The van der Waals surface area contributed by atoms with Crippen LogP contribution in [0.5, 0.6) is 5.88 Å². The summed E-state index contributed by atoms with van der Waals surface area (Å²) in [6.07, 6.45) is 6.43. The summed E-state index contributed by atoms with van der Waals surface area (Å²) in [4.78, 5) is 26.1. The highest BCUT2D eigenvalue weighted by atomic mass is 19.1. The Kier molecular flexibility index (Phi) is 7.36. The van der Waals surface area contributed by atoms with E-state index >= 15 is 0 Å². The Bertz CT molecular complexity index is 1190. The molecule has 3 aromatic rings. The Balaban J connectivity index is 1.54. The maximum Gasteiger partial charge on any atom is 0.251 e. The molecule has 0 radical (unpaired) electrons. The lowest BCUT2D eigenvalue weighted by Gasteiger charge is -2.11. The summed E-state index contributed by atoms with van der Waals surface area (Å²) in [5.74, 6) is 0.256. The van der Waals surface area contributed by atoms with Gasteiger partial charge >= 0.3 is 0 Å². The number of aromatic nitrogens is 2. The highest BCUT2D eigenvalue weighted by molar-refractivity contribution is 5.99. The third-order valence-corrected chi connectivity index (χ3v) is 5.20. The third kappa shape index (κ3) is 5.78. The number of carbonyl (C=O) groups is 1. The van der Waals surface area contributed by atoms with Gasteiger partial charge in [-0.05, 0) is 55.3 Å². The number of hydrogen-bond donors (Lipinski definition) is 1. The normalized spacial score (nSPS) is 12.7. The number of nitrogens with one attached hydrogen (secondary N) is 1. The van der Waals surface area contributed by atoms with E-state index < -0.39 is 0 Å². The van der Waals surface area contributed by atoms with Crippen molar-refractivity contribution in [3.05, 3.63) is 66.1 Å². The van der Waals surface area contributed by atoms with Gasteiger partial charge in [-0.1, -0.05) is 6.08 Å². The first-order valence-corrected chi connectivity index (χ1v) is 10.8. The molecule has 0 spiro atoms. The molecule has 170 valence electrons. The van der Waals surface area contributed by atoms with Crippen molar-refractivity contribution in [2.24, 2.45) is 4.99 Å². The van der Waals surface area contributed by atoms with Gasteiger partial charge in [0.05, 0.1) is 17.5 Å². The average molecular weight is 448 g/mol. The van der Waals surface area contributed by atoms with Gasteiger partial charge < -0.3 is 14.8 Å². The fraction of sp³-hybridized carbons (Fsp3) is 0.280. The van der Waals surface area contributed by atoms with Gasteiger partial charge in [0.1, 0.15) is 12.4 Å². The second-order valence-electron chi connectivity index (χ2n) is 7.58. The van der Waals surface area contributed by atoms with Crippen LogP contribution in [0.1, 0.15) is 29.6 Å². The Hall–Kier alpha value is -3.65. The van der Waals surface area contributed by atoms with E-state index in [1.54, 1.807) is 37.4 Å². The van der Waals surface area contributed by atoms with E-state index in [4.69, 9.17) is 9.47 Å². The zero-order chi connectivity index (χ0) is 23.0. The minimum absolute atomic E-state index is 0.174. The van der Waals surface area contributed by atoms with Crippen molar-refractivity contribution in [3.8, 4) is 17.3 Å². The van der Waals surface area contributed by atoms with E-state index in [0.29, 0.717) is 53.5 Å². The predicted molar refractivity (Wildman–Crippen MR) is 125 cm³/mol. The zero-order valence-corrected chi connectivity index (χ0v) is 18.4. The molecule has 0 bridgehead atoms. The van der Waals surface area contributed by atoms with Crippen molar-refractivity contribution >= 4 is 22.5 Å². The topological polar surface area (TPSA) is 85.7 Å². The molecular formula is C25H25FN4O3. The Morgan fingerprint density at radius 2 is 1.97 bits per heavy atom. The van der Waals surface area contributed by atoms with Crippen molar-refractivity contribution in [1.29, 1.82) is 0 Å². The zero-order valence-electron chi connectivity index (χ0n) is 18.4. The van der Waals surface area contributed by atoms with Crippen LogP contribution in [-0.2, 0) is 4.74 Å². The van der Waals surface area contributed by atoms with Gasteiger partial charge in [0, 0.05) is 43.1 Å². The number of halogens is 1. The van der Waals surface area contributed by atoms with Crippen molar-refractivity contribution in [2.75, 3.05) is 26.9 Å². The van der Waals surface area contributed by atoms with E-state index in [1.807, 2.05) is 12.3 Å². The van der Waals surface area contributed by atoms with Crippen molar-refractivity contribution in [3.63, 3.8) is 0 Å². The van der Waals surface area contributed by atoms with Gasteiger partial charge in [-0.2, -0.15) is 4.98 Å². The number of carbonyl (C=O) groups excluding carboxylic acids is 1. The molecule has 4 rings (SSSR count). The molecule has 0 atom stereocenters. The first kappa shape index (κ1) is 22.5. The van der Waals surface area contributed by atoms with Crippen molar-refractivity contribution in [2.45, 2.75) is 19.3 Å². The van der Waals surface area contributed by atoms with E-state index in [9.17, 15) is 9.18 Å². The molecule has 0 saturated carbocycles. The molecule has 1 aromatic heterocycles. The Labute approximate surface area is 191 Å². The van der Waals surface area contributed by atoms with Crippen LogP contribution in [0.4, 0.5) is 4.39 Å². The number of rotatable bonds is 10. The molecule has 1 aliphatic heterocycles. The molecule has 0 fully saturated rings. The first-order valence-electron chi connectivity index (χ1n) is 10.8. The molecule has 1 N–H and O–H groups in total. The molecule has 1 aliphatic rings. The summed E-state index contributed by atoms with van der Waals surface area (Å²) in [6, 6.07) is 11.1. The van der Waals surface area contributed by atoms with Crippen molar-refractivity contribution in [1.82, 2.24) is 15.3 Å². The standard InChI is InChI=1S/C25H25FN4O3/c1-32-14-15-33-25-21-11-8-18(24(31)28-13-3-5-20-4-2-12-27-20)16-22(21)29-23(30-25)17-6-9-19(26)10-7-17/h2,6-12,16H,3-5,13-15H2,1H3,(H,28,31). The predicted octanol–water partition coefficient (Wildman–Crippen LogP) is 4.33. The van der Waals surface area contributed by atoms with Gasteiger partial charge in [0.25, 0.3) is 5.91 Å². The van der Waals surface area contributed by atoms with Crippen LogP contribution >= 0.6 is 0 Å². The molecule has 8 heteroatoms. The summed E-state index contributed by atoms with van der Waals surface area (Å²) in [5, 5.41) is 3.63. The lowest BCUT2D eigenvalue weighted by atomic mass is 10.1. The Morgan fingerprint density at radius 3 is 2.73 bits per heavy atom. The van der Waals surface area contributed by atoms with E-state index in [1.165, 1.54) is 12.1 Å². The van der Waals surface area contributed by atoms with Gasteiger partial charge in [-0.3, -0.25) is 9.79 Å². The van der Waals surface area contributed by atoms with Gasteiger partial charge in [0.15, 0.2) is 5.82 Å². The van der Waals surface area contributed by atoms with Crippen LogP contribution in [0, 0.1) is 5.82 Å². The monoisotopic (exact) mass is 448 g/mol. The lowest BCUT2D eigenvalue weighted by Crippen LogP contribution is -2.24. The number of ether oxygens (including phenoxy) is 2. The number of hydrogen-bond acceptors (Lipinski definition) is 6. The number of amides is 1. The highest BCUT2D eigenvalue weighted by Crippen LogP contribution is 2.27. The number of benzene rings is 2. The lowest BCUT2D eigenvalue weighted by molar-refractivity contribution is 0.0953. The maximum absolute atomic E-state index is 13.4. The van der Waals surface area contributed by atoms with Crippen molar-refractivity contribution < 1.29 is 18.7 Å². The van der Waals surface area contributed by atoms with E-state index in [-0.39, 0.29) is 11.7 Å². The molecule has 0 unspecified atom stereocenters. The van der Waals surface area contributed by atoms with Gasteiger partial charge in [0.2, 0.25) is 5.88 Å². The molecule has 0 aliphatic carbocycles. The number of methoxy groups -OCH3 is 1. The molecule has 33 heavy (non-hydrogen) atoms.